The molecule has 2 aromatic carbocycles. The molecule has 0 aliphatic heterocycles. The summed E-state index contributed by atoms with van der Waals surface area (Å²) in [5.41, 5.74) is 2.88. The number of rotatable bonds is 3. The van der Waals surface area contributed by atoms with E-state index in [2.05, 4.69) is 31.9 Å². The molecule has 0 aromatic heterocycles. The third-order valence-electron chi connectivity index (χ3n) is 2.97. The molecular formula is C16H15Br2NO. The SMILES string of the molecule is Cc1cc(Br)cc(C(=O)N(C)Cc2ccc(Br)cc2)c1. The summed E-state index contributed by atoms with van der Waals surface area (Å²) < 4.78 is 1.97. The zero-order valence-electron chi connectivity index (χ0n) is 11.4. The molecule has 2 nitrogen and oxygen atoms in total. The summed E-state index contributed by atoms with van der Waals surface area (Å²) >= 11 is 6.84. The fourth-order valence-electron chi connectivity index (χ4n) is 2.02. The van der Waals surface area contributed by atoms with E-state index < -0.39 is 0 Å². The van der Waals surface area contributed by atoms with Gasteiger partial charge in [-0.3, -0.25) is 4.79 Å². The number of carbonyl (C=O) groups excluding carboxylic acids is 1. The molecule has 0 aliphatic carbocycles. The van der Waals surface area contributed by atoms with Crippen molar-refractivity contribution < 1.29 is 4.79 Å². The van der Waals surface area contributed by atoms with Gasteiger partial charge in [0, 0.05) is 28.1 Å². The predicted molar refractivity (Wildman–Crippen MR) is 88.8 cm³/mol. The normalized spacial score (nSPS) is 10.4. The Bertz CT molecular complexity index is 603. The summed E-state index contributed by atoms with van der Waals surface area (Å²) in [5.74, 6) is 0.0253. The standard InChI is InChI=1S/C16H15Br2NO/c1-11-7-13(9-15(18)8-11)16(20)19(2)10-12-3-5-14(17)6-4-12/h3-9H,10H2,1-2H3. The Kier molecular flexibility index (Phi) is 5.00. The van der Waals surface area contributed by atoms with Gasteiger partial charge in [0.15, 0.2) is 0 Å². The van der Waals surface area contributed by atoms with Crippen LogP contribution in [0.5, 0.6) is 0 Å². The quantitative estimate of drug-likeness (QED) is 0.730. The Labute approximate surface area is 136 Å². The Balaban J connectivity index is 2.14. The number of aryl methyl sites for hydroxylation is 1. The second-order valence-electron chi connectivity index (χ2n) is 4.80. The number of carbonyl (C=O) groups is 1. The summed E-state index contributed by atoms with van der Waals surface area (Å²) in [6.07, 6.45) is 0. The topological polar surface area (TPSA) is 20.3 Å². The molecule has 20 heavy (non-hydrogen) atoms. The van der Waals surface area contributed by atoms with E-state index in [1.54, 1.807) is 4.90 Å². The van der Waals surface area contributed by atoms with Crippen molar-refractivity contribution in [2.75, 3.05) is 7.05 Å². The lowest BCUT2D eigenvalue weighted by Crippen LogP contribution is -2.26. The fourth-order valence-corrected chi connectivity index (χ4v) is 2.89. The van der Waals surface area contributed by atoms with Crippen molar-refractivity contribution >= 4 is 37.8 Å². The molecule has 0 saturated heterocycles. The van der Waals surface area contributed by atoms with Gasteiger partial charge in [0.25, 0.3) is 5.91 Å². The van der Waals surface area contributed by atoms with Crippen LogP contribution in [0.4, 0.5) is 0 Å². The molecule has 0 unspecified atom stereocenters. The monoisotopic (exact) mass is 395 g/mol. The van der Waals surface area contributed by atoms with Crippen LogP contribution >= 0.6 is 31.9 Å². The molecule has 4 heteroatoms. The first-order chi connectivity index (χ1) is 9.45. The van der Waals surface area contributed by atoms with Crippen LogP contribution in [0.1, 0.15) is 21.5 Å². The largest absolute Gasteiger partial charge is 0.337 e. The third kappa shape index (κ3) is 3.93. The average Bonchev–Trinajstić information content (AvgIpc) is 2.39. The second kappa shape index (κ2) is 6.55. The van der Waals surface area contributed by atoms with Crippen molar-refractivity contribution in [2.24, 2.45) is 0 Å². The van der Waals surface area contributed by atoms with Gasteiger partial charge in [-0.2, -0.15) is 0 Å². The Morgan fingerprint density at radius 1 is 1.05 bits per heavy atom. The van der Waals surface area contributed by atoms with E-state index in [-0.39, 0.29) is 5.91 Å². The van der Waals surface area contributed by atoms with E-state index in [1.165, 1.54) is 0 Å². The minimum absolute atomic E-state index is 0.0253. The molecule has 2 rings (SSSR count). The van der Waals surface area contributed by atoms with Gasteiger partial charge in [0.1, 0.15) is 0 Å². The molecule has 0 heterocycles. The number of halogens is 2. The van der Waals surface area contributed by atoms with E-state index in [0.717, 1.165) is 20.1 Å². The lowest BCUT2D eigenvalue weighted by atomic mass is 10.1. The van der Waals surface area contributed by atoms with Crippen LogP contribution in [0.15, 0.2) is 51.4 Å². The van der Waals surface area contributed by atoms with Gasteiger partial charge in [-0.1, -0.05) is 44.0 Å². The van der Waals surface area contributed by atoms with E-state index in [9.17, 15) is 4.79 Å². The molecule has 0 bridgehead atoms. The number of nitrogens with zero attached hydrogens (tertiary/aromatic N) is 1. The summed E-state index contributed by atoms with van der Waals surface area (Å²) in [4.78, 5) is 14.1. The van der Waals surface area contributed by atoms with Crippen LogP contribution < -0.4 is 0 Å². The maximum atomic E-state index is 12.4. The molecule has 0 atom stereocenters. The smallest absolute Gasteiger partial charge is 0.253 e. The van der Waals surface area contributed by atoms with Crippen LogP contribution in [0, 0.1) is 6.92 Å². The van der Waals surface area contributed by atoms with Crippen LogP contribution in [-0.4, -0.2) is 17.9 Å². The molecule has 0 radical (unpaired) electrons. The highest BCUT2D eigenvalue weighted by atomic mass is 79.9. The van der Waals surface area contributed by atoms with Gasteiger partial charge in [0.2, 0.25) is 0 Å². The Morgan fingerprint density at radius 3 is 2.30 bits per heavy atom. The van der Waals surface area contributed by atoms with Crippen molar-refractivity contribution in [2.45, 2.75) is 13.5 Å². The molecule has 0 spiro atoms. The number of hydrogen-bond acceptors (Lipinski definition) is 1. The lowest BCUT2D eigenvalue weighted by molar-refractivity contribution is 0.0785. The number of hydrogen-bond donors (Lipinski definition) is 0. The molecule has 2 aromatic rings. The van der Waals surface area contributed by atoms with Gasteiger partial charge in [0.05, 0.1) is 0 Å². The van der Waals surface area contributed by atoms with Gasteiger partial charge >= 0.3 is 0 Å². The highest BCUT2D eigenvalue weighted by Gasteiger charge is 2.13. The zero-order valence-corrected chi connectivity index (χ0v) is 14.5. The first-order valence-electron chi connectivity index (χ1n) is 6.23. The average molecular weight is 397 g/mol. The van der Waals surface area contributed by atoms with Crippen molar-refractivity contribution in [1.82, 2.24) is 4.90 Å². The highest BCUT2D eigenvalue weighted by molar-refractivity contribution is 9.10. The molecule has 0 aliphatic rings. The second-order valence-corrected chi connectivity index (χ2v) is 6.64. The van der Waals surface area contributed by atoms with Crippen molar-refractivity contribution in [3.63, 3.8) is 0 Å². The molecular weight excluding hydrogens is 382 g/mol. The van der Waals surface area contributed by atoms with Crippen molar-refractivity contribution in [3.8, 4) is 0 Å². The first kappa shape index (κ1) is 15.3. The lowest BCUT2D eigenvalue weighted by Gasteiger charge is -2.18. The van der Waals surface area contributed by atoms with Crippen molar-refractivity contribution in [3.05, 3.63) is 68.1 Å². The maximum absolute atomic E-state index is 12.4. The minimum Gasteiger partial charge on any atom is -0.337 e. The van der Waals surface area contributed by atoms with Gasteiger partial charge in [-0.25, -0.2) is 0 Å². The highest BCUT2D eigenvalue weighted by Crippen LogP contribution is 2.18. The van der Waals surface area contributed by atoms with E-state index in [1.807, 2.05) is 56.4 Å². The van der Waals surface area contributed by atoms with Gasteiger partial charge in [-0.05, 0) is 48.4 Å². The van der Waals surface area contributed by atoms with Gasteiger partial charge < -0.3 is 4.90 Å². The Morgan fingerprint density at radius 2 is 1.70 bits per heavy atom. The predicted octanol–water partition coefficient (Wildman–Crippen LogP) is 4.79. The molecule has 0 N–H and O–H groups in total. The molecule has 1 amide bonds. The molecule has 0 saturated carbocycles. The van der Waals surface area contributed by atoms with E-state index in [4.69, 9.17) is 0 Å². The first-order valence-corrected chi connectivity index (χ1v) is 7.81. The maximum Gasteiger partial charge on any atom is 0.253 e. The van der Waals surface area contributed by atoms with Crippen LogP contribution in [0.3, 0.4) is 0 Å². The molecule has 104 valence electrons. The van der Waals surface area contributed by atoms with E-state index >= 15 is 0 Å². The van der Waals surface area contributed by atoms with Gasteiger partial charge in [-0.15, -0.1) is 0 Å². The Hall–Kier alpha value is -1.13. The summed E-state index contributed by atoms with van der Waals surface area (Å²) in [5, 5.41) is 0. The van der Waals surface area contributed by atoms with Crippen molar-refractivity contribution in [1.29, 1.82) is 0 Å². The van der Waals surface area contributed by atoms with Crippen LogP contribution in [0.25, 0.3) is 0 Å². The fraction of sp³-hybridized carbons (Fsp3) is 0.188. The van der Waals surface area contributed by atoms with Crippen LogP contribution in [-0.2, 0) is 6.54 Å². The third-order valence-corrected chi connectivity index (χ3v) is 3.96. The number of amides is 1. The number of benzene rings is 2. The summed E-state index contributed by atoms with van der Waals surface area (Å²) in [6.45, 7) is 2.58. The molecule has 0 fully saturated rings. The summed E-state index contributed by atoms with van der Waals surface area (Å²) in [6, 6.07) is 13.7. The zero-order chi connectivity index (χ0) is 14.7. The van der Waals surface area contributed by atoms with Crippen LogP contribution in [0.2, 0.25) is 0 Å². The minimum atomic E-state index is 0.0253. The van der Waals surface area contributed by atoms with E-state index in [0.29, 0.717) is 12.1 Å². The summed E-state index contributed by atoms with van der Waals surface area (Å²) in [7, 11) is 1.82.